The van der Waals surface area contributed by atoms with E-state index < -0.39 is 35.8 Å². The van der Waals surface area contributed by atoms with Crippen molar-refractivity contribution in [2.24, 2.45) is 0 Å². The number of carbonyl (C=O) groups is 4. The number of amides is 3. The fourth-order valence-corrected chi connectivity index (χ4v) is 4.85. The average molecular weight is 480 g/mol. The predicted octanol–water partition coefficient (Wildman–Crippen LogP) is 2.51. The summed E-state index contributed by atoms with van der Waals surface area (Å²) in [5.74, 6) is -2.15. The Kier molecular flexibility index (Phi) is 9.02. The number of aryl methyl sites for hydroxylation is 2. The van der Waals surface area contributed by atoms with Crippen LogP contribution in [0, 0.1) is 13.8 Å². The van der Waals surface area contributed by atoms with Gasteiger partial charge in [-0.1, -0.05) is 18.2 Å². The third-order valence-corrected chi connectivity index (χ3v) is 6.62. The summed E-state index contributed by atoms with van der Waals surface area (Å²) in [5, 5.41) is 14.3. The van der Waals surface area contributed by atoms with Crippen LogP contribution in [0.4, 0.5) is 4.79 Å². The van der Waals surface area contributed by atoms with Crippen molar-refractivity contribution < 1.29 is 24.3 Å². The van der Waals surface area contributed by atoms with E-state index in [9.17, 15) is 24.3 Å². The summed E-state index contributed by atoms with van der Waals surface area (Å²) in [7, 11) is 1.52. The normalized spacial score (nSPS) is 16.5. The third-order valence-electron chi connectivity index (χ3n) is 5.40. The summed E-state index contributed by atoms with van der Waals surface area (Å²) in [4.78, 5) is 51.5. The van der Waals surface area contributed by atoms with E-state index in [0.717, 1.165) is 21.6 Å². The van der Waals surface area contributed by atoms with Crippen LogP contribution in [0.1, 0.15) is 35.4 Å². The van der Waals surface area contributed by atoms with Crippen LogP contribution in [0.15, 0.2) is 42.1 Å². The van der Waals surface area contributed by atoms with E-state index in [1.54, 1.807) is 13.0 Å². The predicted molar refractivity (Wildman–Crippen MR) is 128 cm³/mol. The van der Waals surface area contributed by atoms with Crippen molar-refractivity contribution in [1.29, 1.82) is 0 Å². The molecule has 2 aromatic rings. The Balaban J connectivity index is 0.00000385. The number of thiophene rings is 1. The van der Waals surface area contributed by atoms with Gasteiger partial charge in [0.25, 0.3) is 5.91 Å². The van der Waals surface area contributed by atoms with Crippen LogP contribution >= 0.6 is 11.3 Å². The van der Waals surface area contributed by atoms with E-state index in [-0.39, 0.29) is 36.0 Å². The van der Waals surface area contributed by atoms with E-state index in [0.29, 0.717) is 10.6 Å². The number of urea groups is 1. The monoisotopic (exact) mass is 479 g/mol. The minimum atomic E-state index is -1.34. The molecule has 1 aliphatic heterocycles. The first-order valence-electron chi connectivity index (χ1n) is 10.0. The second kappa shape index (κ2) is 11.1. The molecular weight excluding hydrogens is 453 g/mol. The van der Waals surface area contributed by atoms with Crippen molar-refractivity contribution in [2.75, 3.05) is 7.05 Å². The molecule has 2 heterocycles. The number of ketones is 1. The number of benzene rings is 1. The molecule has 33 heavy (non-hydrogen) atoms. The van der Waals surface area contributed by atoms with Gasteiger partial charge in [-0.3, -0.25) is 14.4 Å². The van der Waals surface area contributed by atoms with Crippen molar-refractivity contribution in [3.05, 3.63) is 58.1 Å². The van der Waals surface area contributed by atoms with Crippen LogP contribution in [0.5, 0.6) is 0 Å². The molecule has 2 atom stereocenters. The molecule has 0 saturated heterocycles. The summed E-state index contributed by atoms with van der Waals surface area (Å²) in [6.07, 6.45) is 0.947. The number of carbonyl (C=O) groups excluding carboxylic acids is 3. The first-order chi connectivity index (χ1) is 15.1. The SMILES string of the molecule is CC1=CC(=O)C(NC(=O)N[C@@H](CC(=O)O)c2ccc(-c3c(C)cccc3C)s2)C(=O)N1C.[NaH]. The zero-order valence-corrected chi connectivity index (χ0v) is 19.1. The van der Waals surface area contributed by atoms with Crippen LogP contribution in [0.25, 0.3) is 10.4 Å². The van der Waals surface area contributed by atoms with Crippen molar-refractivity contribution in [3.8, 4) is 10.4 Å². The number of hydrogen-bond acceptors (Lipinski definition) is 5. The first kappa shape index (κ1) is 26.8. The molecule has 8 nitrogen and oxygen atoms in total. The zero-order valence-electron chi connectivity index (χ0n) is 18.3. The molecule has 0 aliphatic carbocycles. The Morgan fingerprint density at radius 2 is 1.76 bits per heavy atom. The zero-order chi connectivity index (χ0) is 23.6. The van der Waals surface area contributed by atoms with E-state index in [4.69, 9.17) is 0 Å². The molecule has 1 aromatic heterocycles. The van der Waals surface area contributed by atoms with Crippen LogP contribution in [-0.2, 0) is 14.4 Å². The van der Waals surface area contributed by atoms with Crippen molar-refractivity contribution in [2.45, 2.75) is 39.3 Å². The Labute approximate surface area is 218 Å². The number of carboxylic acid groups (broad SMARTS) is 1. The Bertz CT molecular complexity index is 1110. The van der Waals surface area contributed by atoms with E-state index in [1.165, 1.54) is 29.4 Å². The summed E-state index contributed by atoms with van der Waals surface area (Å²) in [6, 6.07) is 6.73. The fraction of sp³-hybridized carbons (Fsp3) is 0.304. The van der Waals surface area contributed by atoms with Gasteiger partial charge >= 0.3 is 41.6 Å². The number of aliphatic carboxylic acids is 1. The van der Waals surface area contributed by atoms with Gasteiger partial charge in [0, 0.05) is 28.6 Å². The Morgan fingerprint density at radius 3 is 2.36 bits per heavy atom. The van der Waals surface area contributed by atoms with Gasteiger partial charge in [0.1, 0.15) is 0 Å². The average Bonchev–Trinajstić information content (AvgIpc) is 3.18. The molecule has 0 fully saturated rings. The molecule has 1 aliphatic rings. The second-order valence-corrected chi connectivity index (χ2v) is 8.87. The topological polar surface area (TPSA) is 116 Å². The van der Waals surface area contributed by atoms with Crippen molar-refractivity contribution in [1.82, 2.24) is 15.5 Å². The van der Waals surface area contributed by atoms with Crippen molar-refractivity contribution in [3.63, 3.8) is 0 Å². The quantitative estimate of drug-likeness (QED) is 0.435. The summed E-state index contributed by atoms with van der Waals surface area (Å²) < 4.78 is 0. The molecule has 0 spiro atoms. The number of hydrogen-bond donors (Lipinski definition) is 3. The number of nitrogens with one attached hydrogen (secondary N) is 2. The maximum absolute atomic E-state index is 12.6. The van der Waals surface area contributed by atoms with Crippen molar-refractivity contribution >= 4 is 64.6 Å². The molecule has 1 unspecified atom stereocenters. The maximum atomic E-state index is 12.6. The van der Waals surface area contributed by atoms with Gasteiger partial charge in [-0.2, -0.15) is 0 Å². The summed E-state index contributed by atoms with van der Waals surface area (Å²) in [6.45, 7) is 5.64. The molecule has 10 heteroatoms. The molecular formula is C23H26N3NaO5S. The second-order valence-electron chi connectivity index (χ2n) is 7.76. The number of likely N-dealkylation sites (N-methyl/N-ethyl adjacent to an activating group) is 1. The fourth-order valence-electron chi connectivity index (χ4n) is 3.61. The molecule has 0 saturated carbocycles. The van der Waals surface area contributed by atoms with Gasteiger partial charge in [-0.15, -0.1) is 11.3 Å². The standard InChI is InChI=1S/C23H25N3O5S.Na.H/c1-12-6-5-7-13(2)20(12)18-9-8-17(32-18)15(11-19(28)29)24-23(31)25-21-16(27)10-14(3)26(4)22(21)30;;/h5-10,15,21H,11H2,1-4H3,(H,28,29)(H2,24,25,31);;/t15-,21?;;/m0../s1. The summed E-state index contributed by atoms with van der Waals surface area (Å²) >= 11 is 1.40. The van der Waals surface area contributed by atoms with Crippen LogP contribution < -0.4 is 10.6 Å². The van der Waals surface area contributed by atoms with Gasteiger partial charge in [0.15, 0.2) is 11.8 Å². The molecule has 3 amide bonds. The number of allylic oxidation sites excluding steroid dienone is 1. The van der Waals surface area contributed by atoms with Gasteiger partial charge in [0.2, 0.25) is 0 Å². The molecule has 3 rings (SSSR count). The van der Waals surface area contributed by atoms with Gasteiger partial charge in [-0.05, 0) is 49.6 Å². The van der Waals surface area contributed by atoms with Crippen LogP contribution in [0.3, 0.4) is 0 Å². The molecule has 3 N–H and O–H groups in total. The summed E-state index contributed by atoms with van der Waals surface area (Å²) in [5.41, 5.74) is 3.76. The molecule has 0 radical (unpaired) electrons. The van der Waals surface area contributed by atoms with Crippen LogP contribution in [-0.4, -0.2) is 76.3 Å². The van der Waals surface area contributed by atoms with Crippen LogP contribution in [0.2, 0.25) is 0 Å². The van der Waals surface area contributed by atoms with Gasteiger partial charge < -0.3 is 20.6 Å². The Morgan fingerprint density at radius 1 is 1.12 bits per heavy atom. The molecule has 1 aromatic carbocycles. The third kappa shape index (κ3) is 6.11. The van der Waals surface area contributed by atoms with E-state index >= 15 is 0 Å². The molecule has 0 bridgehead atoms. The number of nitrogens with zero attached hydrogens (tertiary/aromatic N) is 1. The Hall–Kier alpha value is -2.46. The first-order valence-corrected chi connectivity index (χ1v) is 10.8. The van der Waals surface area contributed by atoms with Gasteiger partial charge in [-0.25, -0.2) is 4.79 Å². The van der Waals surface area contributed by atoms with E-state index in [1.807, 2.05) is 38.1 Å². The number of rotatable bonds is 6. The van der Waals surface area contributed by atoms with E-state index in [2.05, 4.69) is 10.6 Å². The van der Waals surface area contributed by atoms with Gasteiger partial charge in [0.05, 0.1) is 12.5 Å². The molecule has 170 valence electrons. The number of carboxylic acids is 1. The minimum absolute atomic E-state index is 0.